The van der Waals surface area contributed by atoms with Crippen LogP contribution in [-0.4, -0.2) is 36.2 Å². The number of carbonyl (C=O) groups is 1. The number of rotatable bonds is 9. The number of nitrogens with zero attached hydrogens (tertiary/aromatic N) is 2. The van der Waals surface area contributed by atoms with Crippen molar-refractivity contribution in [3.05, 3.63) is 76.2 Å². The predicted octanol–water partition coefficient (Wildman–Crippen LogP) is 5.04. The fourth-order valence-electron chi connectivity index (χ4n) is 4.62. The quantitative estimate of drug-likeness (QED) is 0.465. The molecule has 0 saturated carbocycles. The molecule has 7 heteroatoms. The van der Waals surface area contributed by atoms with Crippen molar-refractivity contribution in [2.45, 2.75) is 53.3 Å². The average Bonchev–Trinajstić information content (AvgIpc) is 3.18. The Morgan fingerprint density at radius 1 is 1.17 bits per heavy atom. The van der Waals surface area contributed by atoms with Crippen molar-refractivity contribution in [3.63, 3.8) is 0 Å². The highest BCUT2D eigenvalue weighted by Gasteiger charge is 2.18. The van der Waals surface area contributed by atoms with E-state index < -0.39 is 0 Å². The number of carbonyl (C=O) groups excluding carboxylic acids is 1. The zero-order valence-corrected chi connectivity index (χ0v) is 21.1. The number of aryl methyl sites for hydroxylation is 2. The van der Waals surface area contributed by atoms with E-state index in [1.165, 1.54) is 18.4 Å². The third-order valence-corrected chi connectivity index (χ3v) is 6.67. The number of hydrogen-bond acceptors (Lipinski definition) is 6. The summed E-state index contributed by atoms with van der Waals surface area (Å²) in [7, 11) is 1.57. The van der Waals surface area contributed by atoms with Crippen molar-refractivity contribution >= 4 is 5.91 Å². The number of nitrogens with one attached hydrogen (secondary N) is 1. The standard InChI is InChI=1S/C28H35N3O4/c1-19-8-7-13-31(16-19)17-24-10-6-5-9-23(24)15-29-28(32)22-11-12-26(27(14-22)33-4)34-18-25-20(2)30-35-21(25)3/h5-6,9-12,14,19H,7-8,13,15-18H2,1-4H3,(H,29,32). The zero-order valence-electron chi connectivity index (χ0n) is 21.1. The molecule has 2 heterocycles. The van der Waals surface area contributed by atoms with Crippen LogP contribution in [0.4, 0.5) is 0 Å². The van der Waals surface area contributed by atoms with Crippen LogP contribution in [0.15, 0.2) is 47.0 Å². The number of benzene rings is 2. The lowest BCUT2D eigenvalue weighted by molar-refractivity contribution is 0.0950. The van der Waals surface area contributed by atoms with Crippen molar-refractivity contribution in [1.29, 1.82) is 0 Å². The first-order chi connectivity index (χ1) is 16.9. The van der Waals surface area contributed by atoms with Crippen molar-refractivity contribution in [2.24, 2.45) is 5.92 Å². The van der Waals surface area contributed by atoms with Crippen molar-refractivity contribution in [3.8, 4) is 11.5 Å². The number of amides is 1. The molecule has 0 bridgehead atoms. The molecule has 1 amide bonds. The van der Waals surface area contributed by atoms with E-state index in [2.05, 4.69) is 40.5 Å². The van der Waals surface area contributed by atoms with Crippen LogP contribution in [0, 0.1) is 19.8 Å². The zero-order chi connectivity index (χ0) is 24.8. The Morgan fingerprint density at radius 3 is 2.69 bits per heavy atom. The summed E-state index contributed by atoms with van der Waals surface area (Å²) < 4.78 is 16.6. The van der Waals surface area contributed by atoms with Crippen LogP contribution >= 0.6 is 0 Å². The van der Waals surface area contributed by atoms with Gasteiger partial charge in [-0.25, -0.2) is 0 Å². The first-order valence-electron chi connectivity index (χ1n) is 12.2. The van der Waals surface area contributed by atoms with Gasteiger partial charge >= 0.3 is 0 Å². The molecule has 0 aliphatic carbocycles. The maximum Gasteiger partial charge on any atom is 0.251 e. The summed E-state index contributed by atoms with van der Waals surface area (Å²) in [5.74, 6) is 2.38. The molecule has 1 N–H and O–H groups in total. The van der Waals surface area contributed by atoms with E-state index in [0.717, 1.165) is 48.1 Å². The summed E-state index contributed by atoms with van der Waals surface area (Å²) in [4.78, 5) is 15.5. The molecule has 1 atom stereocenters. The number of aromatic nitrogens is 1. The summed E-state index contributed by atoms with van der Waals surface area (Å²) in [6.45, 7) is 10.0. The van der Waals surface area contributed by atoms with Crippen LogP contribution in [0.3, 0.4) is 0 Å². The Labute approximate surface area is 207 Å². The Bertz CT molecular complexity index is 1140. The number of hydrogen-bond donors (Lipinski definition) is 1. The number of likely N-dealkylation sites (tertiary alicyclic amines) is 1. The molecule has 7 nitrogen and oxygen atoms in total. The van der Waals surface area contributed by atoms with Gasteiger partial charge < -0.3 is 19.3 Å². The fraction of sp³-hybridized carbons (Fsp3) is 0.429. The minimum atomic E-state index is -0.151. The highest BCUT2D eigenvalue weighted by molar-refractivity contribution is 5.94. The van der Waals surface area contributed by atoms with Gasteiger partial charge in [0, 0.05) is 25.2 Å². The van der Waals surface area contributed by atoms with Crippen molar-refractivity contribution < 1.29 is 18.8 Å². The topological polar surface area (TPSA) is 76.8 Å². The van der Waals surface area contributed by atoms with Crippen molar-refractivity contribution in [1.82, 2.24) is 15.4 Å². The third-order valence-electron chi connectivity index (χ3n) is 6.67. The molecule has 1 saturated heterocycles. The van der Waals surface area contributed by atoms with Crippen LogP contribution in [0.25, 0.3) is 0 Å². The smallest absolute Gasteiger partial charge is 0.251 e. The minimum Gasteiger partial charge on any atom is -0.493 e. The number of ether oxygens (including phenoxy) is 2. The first-order valence-corrected chi connectivity index (χ1v) is 12.2. The second kappa shape index (κ2) is 11.4. The monoisotopic (exact) mass is 477 g/mol. The minimum absolute atomic E-state index is 0.151. The Kier molecular flexibility index (Phi) is 8.08. The highest BCUT2D eigenvalue weighted by Crippen LogP contribution is 2.29. The normalized spacial score (nSPS) is 16.2. The van der Waals surface area contributed by atoms with Gasteiger partial charge in [-0.3, -0.25) is 9.69 Å². The van der Waals surface area contributed by atoms with Crippen molar-refractivity contribution in [2.75, 3.05) is 20.2 Å². The molecular formula is C28H35N3O4. The van der Waals surface area contributed by atoms with Crippen LogP contribution in [-0.2, 0) is 19.7 Å². The van der Waals surface area contributed by atoms with E-state index in [1.807, 2.05) is 19.9 Å². The van der Waals surface area contributed by atoms with Gasteiger partial charge in [-0.2, -0.15) is 0 Å². The van der Waals surface area contributed by atoms with Gasteiger partial charge in [0.25, 0.3) is 5.91 Å². The molecule has 186 valence electrons. The maximum atomic E-state index is 12.9. The lowest BCUT2D eigenvalue weighted by Gasteiger charge is -2.31. The first kappa shape index (κ1) is 24.8. The summed E-state index contributed by atoms with van der Waals surface area (Å²) in [6, 6.07) is 13.6. The molecule has 1 aliphatic rings. The predicted molar refractivity (Wildman–Crippen MR) is 135 cm³/mol. The second-order valence-electron chi connectivity index (χ2n) is 9.39. The average molecular weight is 478 g/mol. The van der Waals surface area contributed by atoms with E-state index in [1.54, 1.807) is 25.3 Å². The largest absolute Gasteiger partial charge is 0.493 e. The van der Waals surface area contributed by atoms with E-state index >= 15 is 0 Å². The number of methoxy groups -OCH3 is 1. The molecule has 0 radical (unpaired) electrons. The molecule has 2 aromatic carbocycles. The molecule has 1 aliphatic heterocycles. The molecule has 3 aromatic rings. The third kappa shape index (κ3) is 6.22. The molecular weight excluding hydrogens is 442 g/mol. The van der Waals surface area contributed by atoms with Gasteiger partial charge in [-0.15, -0.1) is 0 Å². The van der Waals surface area contributed by atoms with E-state index in [-0.39, 0.29) is 5.91 Å². The summed E-state index contributed by atoms with van der Waals surface area (Å²) >= 11 is 0. The summed E-state index contributed by atoms with van der Waals surface area (Å²) in [5.41, 5.74) is 4.64. The Morgan fingerprint density at radius 2 is 1.97 bits per heavy atom. The molecule has 0 spiro atoms. The highest BCUT2D eigenvalue weighted by atomic mass is 16.5. The van der Waals surface area contributed by atoms with Gasteiger partial charge in [0.05, 0.1) is 18.4 Å². The van der Waals surface area contributed by atoms with Gasteiger partial charge in [0.2, 0.25) is 0 Å². The van der Waals surface area contributed by atoms with Crippen LogP contribution in [0.5, 0.6) is 11.5 Å². The van der Waals surface area contributed by atoms with Gasteiger partial charge in [0.15, 0.2) is 11.5 Å². The molecule has 35 heavy (non-hydrogen) atoms. The van der Waals surface area contributed by atoms with Gasteiger partial charge in [-0.1, -0.05) is 36.3 Å². The lowest BCUT2D eigenvalue weighted by atomic mass is 9.99. The summed E-state index contributed by atoms with van der Waals surface area (Å²) in [6.07, 6.45) is 2.56. The summed E-state index contributed by atoms with van der Waals surface area (Å²) in [5, 5.41) is 7.02. The maximum absolute atomic E-state index is 12.9. The molecule has 1 fully saturated rings. The van der Waals surface area contributed by atoms with Crippen LogP contribution < -0.4 is 14.8 Å². The fourth-order valence-corrected chi connectivity index (χ4v) is 4.62. The molecule has 4 rings (SSSR count). The van der Waals surface area contributed by atoms with E-state index in [0.29, 0.717) is 30.2 Å². The Hall–Kier alpha value is -3.32. The van der Waals surface area contributed by atoms with E-state index in [4.69, 9.17) is 14.0 Å². The SMILES string of the molecule is COc1cc(C(=O)NCc2ccccc2CN2CCCC(C)C2)ccc1OCc1c(C)noc1C. The van der Waals surface area contributed by atoms with Crippen LogP contribution in [0.2, 0.25) is 0 Å². The lowest BCUT2D eigenvalue weighted by Crippen LogP contribution is -2.34. The Balaban J connectivity index is 1.38. The second-order valence-corrected chi connectivity index (χ2v) is 9.39. The van der Waals surface area contributed by atoms with Gasteiger partial charge in [-0.05, 0) is 68.5 Å². The van der Waals surface area contributed by atoms with Crippen LogP contribution in [0.1, 0.15) is 58.3 Å². The molecule has 1 unspecified atom stereocenters. The molecule has 1 aromatic heterocycles. The van der Waals surface area contributed by atoms with Gasteiger partial charge in [0.1, 0.15) is 12.4 Å². The number of piperidine rings is 1. The van der Waals surface area contributed by atoms with E-state index in [9.17, 15) is 4.79 Å².